The van der Waals surface area contributed by atoms with Gasteiger partial charge >= 0.3 is 0 Å². The van der Waals surface area contributed by atoms with E-state index in [2.05, 4.69) is 37.1 Å². The predicted molar refractivity (Wildman–Crippen MR) is 175 cm³/mol. The number of fused-ring (bicyclic) bond motifs is 1. The predicted octanol–water partition coefficient (Wildman–Crippen LogP) is 3.97. The van der Waals surface area contributed by atoms with Gasteiger partial charge in [0.15, 0.2) is 0 Å². The Morgan fingerprint density at radius 2 is 1.85 bits per heavy atom. The van der Waals surface area contributed by atoms with Gasteiger partial charge in [0.05, 0.1) is 28.5 Å². The van der Waals surface area contributed by atoms with Crippen molar-refractivity contribution in [2.24, 2.45) is 5.73 Å². The number of amides is 2. The number of hydrogen-bond donors (Lipinski definition) is 3. The van der Waals surface area contributed by atoms with Crippen molar-refractivity contribution in [3.63, 3.8) is 0 Å². The van der Waals surface area contributed by atoms with E-state index in [0.717, 1.165) is 80.4 Å². The first-order chi connectivity index (χ1) is 22.1. The topological polar surface area (TPSA) is 136 Å². The van der Waals surface area contributed by atoms with Gasteiger partial charge in [-0.3, -0.25) is 24.9 Å². The van der Waals surface area contributed by atoms with E-state index in [9.17, 15) is 9.59 Å². The molecule has 3 aliphatic heterocycles. The summed E-state index contributed by atoms with van der Waals surface area (Å²) in [7, 11) is 0. The second-order valence-corrected chi connectivity index (χ2v) is 13.3. The summed E-state index contributed by atoms with van der Waals surface area (Å²) < 4.78 is 15.0. The Bertz CT molecular complexity index is 1790. The van der Waals surface area contributed by atoms with Crippen LogP contribution in [0.15, 0.2) is 42.6 Å². The number of halogens is 2. The number of nitrogens with two attached hydrogens (primary N) is 1. The zero-order valence-corrected chi connectivity index (χ0v) is 26.5. The van der Waals surface area contributed by atoms with Crippen LogP contribution >= 0.6 is 11.6 Å². The molecule has 0 radical (unpaired) electrons. The molecule has 240 valence electrons. The molecule has 11 nitrogen and oxygen atoms in total. The van der Waals surface area contributed by atoms with E-state index in [1.165, 1.54) is 6.07 Å². The number of benzene rings is 2. The van der Waals surface area contributed by atoms with E-state index in [1.54, 1.807) is 12.3 Å². The summed E-state index contributed by atoms with van der Waals surface area (Å²) >= 11 is 7.03. The summed E-state index contributed by atoms with van der Waals surface area (Å²) in [5.74, 6) is -0.988. The molecule has 1 unspecified atom stereocenters. The number of anilines is 2. The Kier molecular flexibility index (Phi) is 8.12. The maximum Gasteiger partial charge on any atom is 0.234 e. The van der Waals surface area contributed by atoms with E-state index in [-0.39, 0.29) is 17.9 Å². The van der Waals surface area contributed by atoms with Crippen molar-refractivity contribution in [1.29, 1.82) is 0 Å². The van der Waals surface area contributed by atoms with Gasteiger partial charge in [0.25, 0.3) is 0 Å². The van der Waals surface area contributed by atoms with Crippen LogP contribution in [0.1, 0.15) is 49.7 Å². The standard InChI is InChI=1S/C33H37ClFN9O2/c1-33(36)9-11-44(12-10-33)26-18-37-30-29(40-41-31(30)38-26)23-3-2-4-25(28(23)34)43-15-13-42(14-16-43)19-20-5-6-21(24(35)17-20)22-7-8-27(45)39-32(22)46/h2-6,17-18,22H,7-16,19,36H2,1H3,(H,38,40,41)(H,39,45,46). The van der Waals surface area contributed by atoms with E-state index in [1.807, 2.05) is 24.3 Å². The third kappa shape index (κ3) is 6.04. The lowest BCUT2D eigenvalue weighted by Gasteiger charge is -2.37. The molecule has 5 heterocycles. The Labute approximate surface area is 271 Å². The monoisotopic (exact) mass is 645 g/mol. The molecule has 0 saturated carbocycles. The SMILES string of the molecule is CC1(N)CCN(c2cnc3c(-c4cccc(N5CCN(Cc6ccc(C7CCC(=O)NC7=O)c(F)c6)CC5)c4Cl)[nH]nc3n2)CC1. The normalized spacial score (nSPS) is 20.7. The molecular weight excluding hydrogens is 609 g/mol. The van der Waals surface area contributed by atoms with Crippen molar-refractivity contribution in [2.45, 2.75) is 50.6 Å². The fourth-order valence-corrected chi connectivity index (χ4v) is 7.02. The van der Waals surface area contributed by atoms with Crippen LogP contribution in [0, 0.1) is 5.82 Å². The third-order valence-electron chi connectivity index (χ3n) is 9.53. The van der Waals surface area contributed by atoms with Crippen LogP contribution in [0.25, 0.3) is 22.4 Å². The lowest BCUT2D eigenvalue weighted by molar-refractivity contribution is -0.134. The molecule has 4 aromatic rings. The molecule has 0 aliphatic carbocycles. The fraction of sp³-hybridized carbons (Fsp3) is 0.424. The van der Waals surface area contributed by atoms with Crippen LogP contribution in [0.3, 0.4) is 0 Å². The summed E-state index contributed by atoms with van der Waals surface area (Å²) in [5.41, 5.74) is 11.0. The lowest BCUT2D eigenvalue weighted by atomic mass is 9.89. The maximum atomic E-state index is 15.0. The van der Waals surface area contributed by atoms with Crippen LogP contribution in [-0.4, -0.2) is 81.7 Å². The average molecular weight is 646 g/mol. The first-order valence-electron chi connectivity index (χ1n) is 15.8. The molecule has 46 heavy (non-hydrogen) atoms. The van der Waals surface area contributed by atoms with Gasteiger partial charge in [0.2, 0.25) is 17.5 Å². The number of aromatic nitrogens is 4. The third-order valence-corrected chi connectivity index (χ3v) is 9.92. The van der Waals surface area contributed by atoms with Crippen LogP contribution in [-0.2, 0) is 16.1 Å². The van der Waals surface area contributed by atoms with Gasteiger partial charge < -0.3 is 15.5 Å². The van der Waals surface area contributed by atoms with Gasteiger partial charge in [0.1, 0.15) is 17.2 Å². The van der Waals surface area contributed by atoms with Gasteiger partial charge in [0, 0.05) is 68.9 Å². The number of imide groups is 1. The van der Waals surface area contributed by atoms with Crippen molar-refractivity contribution >= 4 is 46.1 Å². The molecule has 13 heteroatoms. The van der Waals surface area contributed by atoms with E-state index in [0.29, 0.717) is 34.7 Å². The van der Waals surface area contributed by atoms with Crippen LogP contribution in [0.4, 0.5) is 15.9 Å². The molecule has 0 bridgehead atoms. The van der Waals surface area contributed by atoms with Gasteiger partial charge in [-0.05, 0) is 43.9 Å². The van der Waals surface area contributed by atoms with Gasteiger partial charge in [-0.15, -0.1) is 0 Å². The highest BCUT2D eigenvalue weighted by molar-refractivity contribution is 6.36. The number of piperazine rings is 1. The first kappa shape index (κ1) is 30.5. The smallest absolute Gasteiger partial charge is 0.234 e. The summed E-state index contributed by atoms with van der Waals surface area (Å²) in [5, 5.41) is 10.5. The summed E-state index contributed by atoms with van der Waals surface area (Å²) in [6.07, 6.45) is 4.13. The highest BCUT2D eigenvalue weighted by Crippen LogP contribution is 2.38. The summed E-state index contributed by atoms with van der Waals surface area (Å²) in [6.45, 7) is 7.41. The molecule has 0 spiro atoms. The second kappa shape index (κ2) is 12.2. The number of piperidine rings is 2. The van der Waals surface area contributed by atoms with E-state index >= 15 is 4.39 Å². The molecule has 7 rings (SSSR count). The highest BCUT2D eigenvalue weighted by atomic mass is 35.5. The molecule has 1 atom stereocenters. The number of carbonyl (C=O) groups excluding carboxylic acids is 2. The van der Waals surface area contributed by atoms with E-state index < -0.39 is 17.6 Å². The zero-order valence-electron chi connectivity index (χ0n) is 25.7. The van der Waals surface area contributed by atoms with E-state index in [4.69, 9.17) is 27.3 Å². The maximum absolute atomic E-state index is 15.0. The Hall–Kier alpha value is -4.13. The molecular formula is C33H37ClFN9O2. The Morgan fingerprint density at radius 3 is 2.59 bits per heavy atom. The minimum atomic E-state index is -0.636. The van der Waals surface area contributed by atoms with Gasteiger partial charge in [-0.2, -0.15) is 5.10 Å². The van der Waals surface area contributed by atoms with Crippen molar-refractivity contribution in [1.82, 2.24) is 30.4 Å². The van der Waals surface area contributed by atoms with Crippen LogP contribution < -0.4 is 20.9 Å². The number of hydrogen-bond acceptors (Lipinski definition) is 9. The highest BCUT2D eigenvalue weighted by Gasteiger charge is 2.31. The minimum absolute atomic E-state index is 0.144. The molecule has 4 N–H and O–H groups in total. The molecule has 2 aromatic carbocycles. The number of nitrogens with one attached hydrogen (secondary N) is 2. The first-order valence-corrected chi connectivity index (χ1v) is 16.2. The summed E-state index contributed by atoms with van der Waals surface area (Å²) in [4.78, 5) is 40.0. The molecule has 3 saturated heterocycles. The molecule has 2 amide bonds. The van der Waals surface area contributed by atoms with Crippen molar-refractivity contribution in [3.8, 4) is 11.3 Å². The fourth-order valence-electron chi connectivity index (χ4n) is 6.68. The van der Waals surface area contributed by atoms with Crippen LogP contribution in [0.2, 0.25) is 5.02 Å². The van der Waals surface area contributed by atoms with Gasteiger partial charge in [-0.25, -0.2) is 14.4 Å². The number of rotatable bonds is 6. The van der Waals surface area contributed by atoms with Crippen LogP contribution in [0.5, 0.6) is 0 Å². The summed E-state index contributed by atoms with van der Waals surface area (Å²) in [6, 6.07) is 11.0. The van der Waals surface area contributed by atoms with Gasteiger partial charge in [-0.1, -0.05) is 35.9 Å². The molecule has 3 fully saturated rings. The Balaban J connectivity index is 1.01. The quantitative estimate of drug-likeness (QED) is 0.266. The zero-order chi connectivity index (χ0) is 32.0. The largest absolute Gasteiger partial charge is 0.368 e. The lowest BCUT2D eigenvalue weighted by Crippen LogP contribution is -2.48. The molecule has 2 aromatic heterocycles. The number of aromatic amines is 1. The van der Waals surface area contributed by atoms with Crippen molar-refractivity contribution in [3.05, 3.63) is 64.6 Å². The number of carbonyl (C=O) groups is 2. The molecule has 3 aliphatic rings. The average Bonchev–Trinajstić information content (AvgIpc) is 3.45. The van der Waals surface area contributed by atoms with Crippen molar-refractivity contribution in [2.75, 3.05) is 49.1 Å². The Morgan fingerprint density at radius 1 is 1.07 bits per heavy atom. The number of nitrogens with zero attached hydrogens (tertiary/aromatic N) is 6. The van der Waals surface area contributed by atoms with Crippen molar-refractivity contribution < 1.29 is 14.0 Å². The minimum Gasteiger partial charge on any atom is -0.368 e. The number of H-pyrrole nitrogens is 1. The second-order valence-electron chi connectivity index (χ2n) is 12.9.